The Morgan fingerprint density at radius 3 is 3.27 bits per heavy atom. The van der Waals surface area contributed by atoms with Gasteiger partial charge < -0.3 is 4.40 Å². The zero-order chi connectivity index (χ0) is 7.84. The van der Waals surface area contributed by atoms with Gasteiger partial charge in [-0.25, -0.2) is 9.97 Å². The zero-order valence-corrected chi connectivity index (χ0v) is 6.63. The van der Waals surface area contributed by atoms with E-state index in [4.69, 9.17) is 11.6 Å². The molecule has 2 heterocycles. The van der Waals surface area contributed by atoms with Crippen molar-refractivity contribution in [1.29, 1.82) is 0 Å². The molecule has 2 rings (SSSR count). The van der Waals surface area contributed by atoms with Gasteiger partial charge in [-0.1, -0.05) is 11.6 Å². The minimum atomic E-state index is 0.474. The highest BCUT2D eigenvalue weighted by atomic mass is 35.5. The van der Waals surface area contributed by atoms with E-state index in [-0.39, 0.29) is 0 Å². The molecule has 55 valence electrons. The second-order valence-electron chi connectivity index (χ2n) is 2.25. The third kappa shape index (κ3) is 0.973. The van der Waals surface area contributed by atoms with Gasteiger partial charge in [-0.05, 0) is 6.92 Å². The molecule has 11 heavy (non-hydrogen) atoms. The second-order valence-corrected chi connectivity index (χ2v) is 2.64. The number of aromatic nitrogens is 3. The van der Waals surface area contributed by atoms with E-state index in [1.807, 2.05) is 6.92 Å². The Morgan fingerprint density at radius 1 is 1.64 bits per heavy atom. The zero-order valence-electron chi connectivity index (χ0n) is 5.87. The van der Waals surface area contributed by atoms with Crippen LogP contribution in [0.15, 0.2) is 12.4 Å². The first-order valence-electron chi connectivity index (χ1n) is 3.15. The molecule has 0 saturated carbocycles. The molecule has 0 aromatic carbocycles. The molecule has 0 saturated heterocycles. The van der Waals surface area contributed by atoms with Crippen molar-refractivity contribution < 1.29 is 0 Å². The van der Waals surface area contributed by atoms with Gasteiger partial charge in [-0.15, -0.1) is 0 Å². The van der Waals surface area contributed by atoms with Gasteiger partial charge in [0.1, 0.15) is 11.3 Å². The molecule has 2 aromatic heterocycles. The van der Waals surface area contributed by atoms with E-state index in [1.165, 1.54) is 0 Å². The Labute approximate surface area is 68.7 Å². The molecular weight excluding hydrogens is 162 g/mol. The lowest BCUT2D eigenvalue weighted by atomic mass is 10.5. The molecule has 0 aliphatic carbocycles. The van der Waals surface area contributed by atoms with Crippen LogP contribution < -0.4 is 0 Å². The number of aryl methyl sites for hydroxylation is 1. The summed E-state index contributed by atoms with van der Waals surface area (Å²) in [6, 6.07) is 0. The molecule has 0 N–H and O–H groups in total. The predicted octanol–water partition coefficient (Wildman–Crippen LogP) is 1.49. The highest BCUT2D eigenvalue weighted by molar-refractivity contribution is 6.29. The summed E-state index contributed by atoms with van der Waals surface area (Å²) in [4.78, 5) is 8.01. The maximum absolute atomic E-state index is 5.71. The van der Waals surface area contributed by atoms with Crippen molar-refractivity contribution in [3.8, 4) is 0 Å². The molecule has 0 spiro atoms. The molecule has 0 aliphatic rings. The third-order valence-electron chi connectivity index (χ3n) is 1.46. The van der Waals surface area contributed by atoms with Crippen molar-refractivity contribution in [3.63, 3.8) is 0 Å². The van der Waals surface area contributed by atoms with E-state index in [0.717, 1.165) is 11.3 Å². The Bertz CT molecular complexity index is 393. The average Bonchev–Trinajstić information content (AvgIpc) is 2.34. The number of imidazole rings is 1. The van der Waals surface area contributed by atoms with Crippen molar-refractivity contribution in [3.05, 3.63) is 29.4 Å². The maximum Gasteiger partial charge on any atom is 0.159 e. The normalized spacial score (nSPS) is 10.7. The summed E-state index contributed by atoms with van der Waals surface area (Å²) < 4.78 is 1.80. The molecule has 0 amide bonds. The fourth-order valence-electron chi connectivity index (χ4n) is 0.991. The lowest BCUT2D eigenvalue weighted by Gasteiger charge is -1.96. The monoisotopic (exact) mass is 166 g/mol. The second kappa shape index (κ2) is 2.20. The van der Waals surface area contributed by atoms with Crippen molar-refractivity contribution >= 4 is 17.2 Å². The molecule has 0 bridgehead atoms. The first kappa shape index (κ1) is 6.61. The van der Waals surface area contributed by atoms with Crippen LogP contribution in [0.4, 0.5) is 0 Å². The first-order chi connectivity index (χ1) is 5.27. The van der Waals surface area contributed by atoms with Crippen LogP contribution in [0, 0.1) is 13.1 Å². The van der Waals surface area contributed by atoms with Crippen LogP contribution in [0.1, 0.15) is 5.69 Å². The van der Waals surface area contributed by atoms with E-state index >= 15 is 0 Å². The Morgan fingerprint density at radius 2 is 2.45 bits per heavy atom. The Balaban J connectivity index is 2.91. The highest BCUT2D eigenvalue weighted by Crippen LogP contribution is 2.09. The van der Waals surface area contributed by atoms with Crippen molar-refractivity contribution in [2.45, 2.75) is 6.92 Å². The van der Waals surface area contributed by atoms with Gasteiger partial charge >= 0.3 is 0 Å². The molecule has 0 atom stereocenters. The fourth-order valence-corrected chi connectivity index (χ4v) is 1.22. The first-order valence-corrected chi connectivity index (χ1v) is 3.53. The number of hydrogen-bond acceptors (Lipinski definition) is 2. The third-order valence-corrected chi connectivity index (χ3v) is 1.64. The van der Waals surface area contributed by atoms with Gasteiger partial charge in [-0.2, -0.15) is 0 Å². The van der Waals surface area contributed by atoms with Gasteiger partial charge in [0, 0.05) is 12.4 Å². The number of halogens is 1. The van der Waals surface area contributed by atoms with Crippen molar-refractivity contribution in [2.24, 2.45) is 0 Å². The highest BCUT2D eigenvalue weighted by Gasteiger charge is 2.00. The Kier molecular flexibility index (Phi) is 1.32. The summed E-state index contributed by atoms with van der Waals surface area (Å²) >= 11 is 5.71. The van der Waals surface area contributed by atoms with E-state index < -0.39 is 0 Å². The molecular formula is C7H5ClN3. The largest absolute Gasteiger partial charge is 0.302 e. The van der Waals surface area contributed by atoms with Crippen molar-refractivity contribution in [1.82, 2.24) is 14.4 Å². The molecule has 0 unspecified atom stereocenters. The number of hydrogen-bond donors (Lipinski definition) is 0. The minimum absolute atomic E-state index is 0.474. The average molecular weight is 167 g/mol. The predicted molar refractivity (Wildman–Crippen MR) is 41.6 cm³/mol. The van der Waals surface area contributed by atoms with E-state index in [1.54, 1.807) is 16.8 Å². The topological polar surface area (TPSA) is 30.2 Å². The number of rotatable bonds is 0. The van der Waals surface area contributed by atoms with E-state index in [9.17, 15) is 0 Å². The fraction of sp³-hybridized carbons (Fsp3) is 0.143. The van der Waals surface area contributed by atoms with E-state index in [2.05, 4.69) is 16.2 Å². The van der Waals surface area contributed by atoms with Crippen LogP contribution in [-0.4, -0.2) is 14.4 Å². The summed E-state index contributed by atoms with van der Waals surface area (Å²) in [7, 11) is 0. The van der Waals surface area contributed by atoms with Crippen LogP contribution in [-0.2, 0) is 0 Å². The molecule has 3 nitrogen and oxygen atoms in total. The summed E-state index contributed by atoms with van der Waals surface area (Å²) in [5, 5.41) is 0.474. The van der Waals surface area contributed by atoms with Gasteiger partial charge in [0.05, 0.1) is 5.69 Å². The summed E-state index contributed by atoms with van der Waals surface area (Å²) in [5.74, 6) is 0. The van der Waals surface area contributed by atoms with Gasteiger partial charge in [0.25, 0.3) is 0 Å². The lowest BCUT2D eigenvalue weighted by Crippen LogP contribution is -1.90. The standard InChI is InChI=1S/C7H5ClN3/c1-5-7-9-2-3-11(7)4-6(8)10-5/h3-4H,1H3. The minimum Gasteiger partial charge on any atom is -0.302 e. The summed E-state index contributed by atoms with van der Waals surface area (Å²) in [6.07, 6.45) is 6.14. The van der Waals surface area contributed by atoms with Crippen LogP contribution in [0.2, 0.25) is 5.15 Å². The smallest absolute Gasteiger partial charge is 0.159 e. The van der Waals surface area contributed by atoms with Crippen molar-refractivity contribution in [2.75, 3.05) is 0 Å². The molecule has 0 fully saturated rings. The SMILES string of the molecule is Cc1nc(Cl)cn2c[c]nc12. The van der Waals surface area contributed by atoms with Crippen LogP contribution >= 0.6 is 11.6 Å². The number of fused-ring (bicyclic) bond motifs is 1. The van der Waals surface area contributed by atoms with Crippen LogP contribution in [0.5, 0.6) is 0 Å². The molecule has 4 heteroatoms. The lowest BCUT2D eigenvalue weighted by molar-refractivity contribution is 1.08. The number of nitrogens with zero attached hydrogens (tertiary/aromatic N) is 3. The molecule has 0 aliphatic heterocycles. The quantitative estimate of drug-likeness (QED) is 0.594. The maximum atomic E-state index is 5.71. The molecule has 2 aromatic rings. The van der Waals surface area contributed by atoms with Gasteiger partial charge in [0.2, 0.25) is 0 Å². The Hall–Kier alpha value is -1.09. The van der Waals surface area contributed by atoms with Crippen LogP contribution in [0.25, 0.3) is 5.65 Å². The summed E-state index contributed by atoms with van der Waals surface area (Å²) in [5.41, 5.74) is 1.62. The summed E-state index contributed by atoms with van der Waals surface area (Å²) in [6.45, 7) is 1.86. The van der Waals surface area contributed by atoms with Gasteiger partial charge in [0.15, 0.2) is 5.65 Å². The van der Waals surface area contributed by atoms with E-state index in [0.29, 0.717) is 5.15 Å². The molecule has 1 radical (unpaired) electrons. The van der Waals surface area contributed by atoms with Gasteiger partial charge in [-0.3, -0.25) is 0 Å². The van der Waals surface area contributed by atoms with Crippen LogP contribution in [0.3, 0.4) is 0 Å².